The molecule has 1 amide bonds. The summed E-state index contributed by atoms with van der Waals surface area (Å²) in [5.41, 5.74) is 3.11. The summed E-state index contributed by atoms with van der Waals surface area (Å²) in [6.07, 6.45) is 0. The van der Waals surface area contributed by atoms with Crippen LogP contribution in [0.2, 0.25) is 0 Å². The molecule has 0 bridgehead atoms. The third kappa shape index (κ3) is 5.40. The quantitative estimate of drug-likeness (QED) is 0.622. The number of ether oxygens (including phenoxy) is 1. The number of sulfonamides is 1. The van der Waals surface area contributed by atoms with Gasteiger partial charge < -0.3 is 10.1 Å². The van der Waals surface area contributed by atoms with Gasteiger partial charge in [0.25, 0.3) is 5.91 Å². The Morgan fingerprint density at radius 2 is 1.50 bits per heavy atom. The molecule has 0 saturated heterocycles. The van der Waals surface area contributed by atoms with Crippen molar-refractivity contribution in [1.29, 1.82) is 0 Å². The summed E-state index contributed by atoms with van der Waals surface area (Å²) in [5, 5.41) is 3.02. The van der Waals surface area contributed by atoms with Crippen LogP contribution in [-0.2, 0) is 10.0 Å². The number of benzene rings is 2. The fraction of sp³-hybridized carbons (Fsp3) is 0.435. The third-order valence-electron chi connectivity index (χ3n) is 4.72. The predicted molar refractivity (Wildman–Crippen MR) is 121 cm³/mol. The van der Waals surface area contributed by atoms with Gasteiger partial charge in [0.1, 0.15) is 10.6 Å². The Bertz CT molecular complexity index is 986. The van der Waals surface area contributed by atoms with E-state index in [1.54, 1.807) is 19.9 Å². The summed E-state index contributed by atoms with van der Waals surface area (Å²) in [7, 11) is -2.43. The van der Waals surface area contributed by atoms with Crippen LogP contribution in [0.5, 0.6) is 5.75 Å². The van der Waals surface area contributed by atoms with Gasteiger partial charge in [0.15, 0.2) is 0 Å². The number of nitrogens with one attached hydrogen (secondary N) is 2. The Balaban J connectivity index is 2.50. The lowest BCUT2D eigenvalue weighted by atomic mass is 9.92. The Labute approximate surface area is 180 Å². The molecule has 2 N–H and O–H groups in total. The van der Waals surface area contributed by atoms with E-state index in [9.17, 15) is 13.2 Å². The number of hydrogen-bond donors (Lipinski definition) is 2. The predicted octanol–water partition coefficient (Wildman–Crippen LogP) is 4.88. The summed E-state index contributed by atoms with van der Waals surface area (Å²) >= 11 is 0. The zero-order valence-corrected chi connectivity index (χ0v) is 19.6. The zero-order chi connectivity index (χ0) is 22.6. The second-order valence-electron chi connectivity index (χ2n) is 8.22. The number of carbonyl (C=O) groups is 1. The van der Waals surface area contributed by atoms with Crippen LogP contribution < -0.4 is 14.8 Å². The monoisotopic (exact) mass is 432 g/mol. The lowest BCUT2D eigenvalue weighted by Crippen LogP contribution is -2.30. The van der Waals surface area contributed by atoms with Crippen molar-refractivity contribution in [2.24, 2.45) is 0 Å². The minimum absolute atomic E-state index is 0.0624. The molecule has 0 heterocycles. The summed E-state index contributed by atoms with van der Waals surface area (Å²) in [5.74, 6) is 0.265. The van der Waals surface area contributed by atoms with Gasteiger partial charge >= 0.3 is 0 Å². The second kappa shape index (κ2) is 9.62. The van der Waals surface area contributed by atoms with Crippen molar-refractivity contribution < 1.29 is 17.9 Å². The molecule has 2 aromatic rings. The molecule has 6 nitrogen and oxygen atoms in total. The Kier molecular flexibility index (Phi) is 7.66. The summed E-state index contributed by atoms with van der Waals surface area (Å²) in [6, 6.07) is 10.1. The summed E-state index contributed by atoms with van der Waals surface area (Å²) in [4.78, 5) is 13.0. The first-order valence-corrected chi connectivity index (χ1v) is 11.6. The summed E-state index contributed by atoms with van der Waals surface area (Å²) in [6.45, 7) is 11.8. The maximum atomic E-state index is 13.1. The lowest BCUT2D eigenvalue weighted by molar-refractivity contribution is 0.102. The van der Waals surface area contributed by atoms with Gasteiger partial charge in [0.2, 0.25) is 10.0 Å². The van der Waals surface area contributed by atoms with E-state index in [1.165, 1.54) is 19.2 Å². The lowest BCUT2D eigenvalue weighted by Gasteiger charge is -2.20. The van der Waals surface area contributed by atoms with Crippen LogP contribution in [-0.4, -0.2) is 27.5 Å². The molecular weight excluding hydrogens is 400 g/mol. The third-order valence-corrected chi connectivity index (χ3v) is 6.40. The van der Waals surface area contributed by atoms with Crippen LogP contribution in [0.25, 0.3) is 0 Å². The smallest absolute Gasteiger partial charge is 0.255 e. The molecule has 164 valence electrons. The Morgan fingerprint density at radius 1 is 0.933 bits per heavy atom. The number of hydrogen-bond acceptors (Lipinski definition) is 4. The van der Waals surface area contributed by atoms with Crippen LogP contribution in [0.15, 0.2) is 41.3 Å². The molecule has 0 saturated carbocycles. The second-order valence-corrected chi connectivity index (χ2v) is 9.90. The SMILES string of the molecule is COc1ccc(C(=O)Nc2c(C(C)C)cccc2C(C)C)cc1S(=O)(=O)NC(C)C. The maximum absolute atomic E-state index is 13.1. The highest BCUT2D eigenvalue weighted by Gasteiger charge is 2.23. The van der Waals surface area contributed by atoms with Crippen molar-refractivity contribution in [2.45, 2.75) is 64.3 Å². The van der Waals surface area contributed by atoms with Crippen LogP contribution >= 0.6 is 0 Å². The molecule has 0 atom stereocenters. The standard InChI is InChI=1S/C23H32N2O4S/c1-14(2)18-9-8-10-19(15(3)4)22(18)24-23(26)17-11-12-20(29-7)21(13-17)30(27,28)25-16(5)6/h8-16,25H,1-7H3,(H,24,26). The van der Waals surface area contributed by atoms with Gasteiger partial charge in [-0.05, 0) is 55.0 Å². The van der Waals surface area contributed by atoms with Crippen LogP contribution in [0.4, 0.5) is 5.69 Å². The fourth-order valence-corrected chi connectivity index (χ4v) is 4.73. The van der Waals surface area contributed by atoms with E-state index in [-0.39, 0.29) is 40.0 Å². The maximum Gasteiger partial charge on any atom is 0.255 e. The van der Waals surface area contributed by atoms with E-state index in [2.05, 4.69) is 37.7 Å². The van der Waals surface area contributed by atoms with Gasteiger partial charge in [0.05, 0.1) is 7.11 Å². The number of methoxy groups -OCH3 is 1. The first-order chi connectivity index (χ1) is 14.0. The van der Waals surface area contributed by atoms with Gasteiger partial charge in [0, 0.05) is 17.3 Å². The van der Waals surface area contributed by atoms with Crippen molar-refractivity contribution in [1.82, 2.24) is 4.72 Å². The molecule has 0 aliphatic heterocycles. The van der Waals surface area contributed by atoms with E-state index in [1.807, 2.05) is 18.2 Å². The number of amides is 1. The van der Waals surface area contributed by atoms with Gasteiger partial charge in [-0.2, -0.15) is 0 Å². The first-order valence-electron chi connectivity index (χ1n) is 10.1. The van der Waals surface area contributed by atoms with Crippen LogP contribution in [0.3, 0.4) is 0 Å². The van der Waals surface area contributed by atoms with Crippen molar-refractivity contribution in [2.75, 3.05) is 12.4 Å². The number of rotatable bonds is 8. The molecule has 2 aromatic carbocycles. The molecule has 0 radical (unpaired) electrons. The Hall–Kier alpha value is -2.38. The van der Waals surface area contributed by atoms with Crippen molar-refractivity contribution >= 4 is 21.6 Å². The van der Waals surface area contributed by atoms with Crippen molar-refractivity contribution in [3.8, 4) is 5.75 Å². The van der Waals surface area contributed by atoms with Crippen LogP contribution in [0.1, 0.15) is 74.9 Å². The largest absolute Gasteiger partial charge is 0.495 e. The molecule has 0 fully saturated rings. The zero-order valence-electron chi connectivity index (χ0n) is 18.7. The summed E-state index contributed by atoms with van der Waals surface area (Å²) < 4.78 is 33.2. The minimum Gasteiger partial charge on any atom is -0.495 e. The van der Waals surface area contributed by atoms with E-state index in [4.69, 9.17) is 4.74 Å². The first kappa shape index (κ1) is 23.9. The van der Waals surface area contributed by atoms with E-state index in [0.717, 1.165) is 16.8 Å². The number of anilines is 1. The van der Waals surface area contributed by atoms with Crippen LogP contribution in [0, 0.1) is 0 Å². The fourth-order valence-electron chi connectivity index (χ4n) is 3.28. The topological polar surface area (TPSA) is 84.5 Å². The number of para-hydroxylation sites is 1. The molecule has 2 rings (SSSR count). The molecule has 0 aromatic heterocycles. The normalized spacial score (nSPS) is 11.9. The molecule has 0 spiro atoms. The minimum atomic E-state index is -3.83. The highest BCUT2D eigenvalue weighted by molar-refractivity contribution is 7.89. The van der Waals surface area contributed by atoms with E-state index in [0.29, 0.717) is 0 Å². The molecule has 0 unspecified atom stereocenters. The van der Waals surface area contributed by atoms with Gasteiger partial charge in [-0.1, -0.05) is 45.9 Å². The molecular formula is C23H32N2O4S. The van der Waals surface area contributed by atoms with Gasteiger partial charge in [-0.3, -0.25) is 4.79 Å². The van der Waals surface area contributed by atoms with Crippen molar-refractivity contribution in [3.63, 3.8) is 0 Å². The average Bonchev–Trinajstić information content (AvgIpc) is 2.66. The molecule has 0 aliphatic rings. The van der Waals surface area contributed by atoms with E-state index >= 15 is 0 Å². The average molecular weight is 433 g/mol. The van der Waals surface area contributed by atoms with E-state index < -0.39 is 10.0 Å². The van der Waals surface area contributed by atoms with Gasteiger partial charge in [-0.25, -0.2) is 13.1 Å². The van der Waals surface area contributed by atoms with Gasteiger partial charge in [-0.15, -0.1) is 0 Å². The highest BCUT2D eigenvalue weighted by atomic mass is 32.2. The van der Waals surface area contributed by atoms with Crippen molar-refractivity contribution in [3.05, 3.63) is 53.1 Å². The highest BCUT2D eigenvalue weighted by Crippen LogP contribution is 2.33. The number of carbonyl (C=O) groups excluding carboxylic acids is 1. The molecule has 30 heavy (non-hydrogen) atoms. The Morgan fingerprint density at radius 3 is 1.97 bits per heavy atom. The molecule has 0 aliphatic carbocycles. The molecule has 7 heteroatoms.